The molecule has 0 amide bonds. The van der Waals surface area contributed by atoms with E-state index in [1.54, 1.807) is 35.2 Å². The summed E-state index contributed by atoms with van der Waals surface area (Å²) in [6.45, 7) is 1.91. The van der Waals surface area contributed by atoms with Crippen molar-refractivity contribution in [1.82, 2.24) is 4.90 Å². The Bertz CT molecular complexity index is 1460. The summed E-state index contributed by atoms with van der Waals surface area (Å²) < 4.78 is 54.3. The van der Waals surface area contributed by atoms with E-state index in [1.807, 2.05) is 4.90 Å². The zero-order valence-corrected chi connectivity index (χ0v) is 20.6. The highest BCUT2D eigenvalue weighted by Crippen LogP contribution is 2.42. The zero-order valence-electron chi connectivity index (χ0n) is 20.6. The van der Waals surface area contributed by atoms with Gasteiger partial charge >= 0.3 is 12.1 Å². The number of guanidine groups is 1. The third-order valence-electron chi connectivity index (χ3n) is 6.84. The molecule has 5 rings (SSSR count). The van der Waals surface area contributed by atoms with Gasteiger partial charge in [-0.15, -0.1) is 0 Å². The van der Waals surface area contributed by atoms with E-state index < -0.39 is 30.2 Å². The first-order chi connectivity index (χ1) is 18.6. The number of anilines is 2. The number of aliphatic imine (C=N–C) groups is 1. The number of benzene rings is 3. The van der Waals surface area contributed by atoms with Gasteiger partial charge in [0.05, 0.1) is 35.3 Å². The van der Waals surface area contributed by atoms with Gasteiger partial charge in [-0.05, 0) is 54.6 Å². The summed E-state index contributed by atoms with van der Waals surface area (Å²) in [5, 5.41) is 19.2. The van der Waals surface area contributed by atoms with Crippen LogP contribution in [0, 0.1) is 17.1 Å². The first-order valence-electron chi connectivity index (χ1n) is 12.2. The molecule has 2 aliphatic rings. The quantitative estimate of drug-likeness (QED) is 0.439. The Morgan fingerprint density at radius 2 is 1.67 bits per heavy atom. The van der Waals surface area contributed by atoms with Crippen molar-refractivity contribution in [2.75, 3.05) is 36.0 Å². The van der Waals surface area contributed by atoms with Crippen LogP contribution in [0.4, 0.5) is 34.6 Å². The number of hydrogen-bond donors (Lipinski definition) is 1. The van der Waals surface area contributed by atoms with Crippen molar-refractivity contribution in [3.63, 3.8) is 0 Å². The Morgan fingerprint density at radius 1 is 0.974 bits per heavy atom. The van der Waals surface area contributed by atoms with Crippen LogP contribution >= 0.6 is 0 Å². The predicted octanol–water partition coefficient (Wildman–Crippen LogP) is 5.56. The minimum atomic E-state index is -4.59. The molecule has 3 aromatic carbocycles. The van der Waals surface area contributed by atoms with E-state index in [-0.39, 0.29) is 11.5 Å². The highest BCUT2D eigenvalue weighted by Gasteiger charge is 2.38. The Hall–Kier alpha value is -4.59. The topological polar surface area (TPSA) is 83.2 Å². The van der Waals surface area contributed by atoms with Gasteiger partial charge in [0.15, 0.2) is 0 Å². The lowest BCUT2D eigenvalue weighted by Crippen LogP contribution is -2.55. The van der Waals surface area contributed by atoms with Crippen LogP contribution in [-0.2, 0) is 11.0 Å². The fourth-order valence-corrected chi connectivity index (χ4v) is 4.97. The van der Waals surface area contributed by atoms with E-state index >= 15 is 0 Å². The summed E-state index contributed by atoms with van der Waals surface area (Å²) in [5.41, 5.74) is 1.37. The van der Waals surface area contributed by atoms with Crippen molar-refractivity contribution in [1.29, 1.82) is 5.26 Å². The molecule has 3 aromatic rings. The molecule has 2 heterocycles. The molecule has 0 saturated carbocycles. The molecule has 7 nitrogen and oxygen atoms in total. The lowest BCUT2D eigenvalue weighted by molar-refractivity contribution is -0.138. The first-order valence-corrected chi connectivity index (χ1v) is 12.2. The summed E-state index contributed by atoms with van der Waals surface area (Å²) in [4.78, 5) is 22.2. The molecule has 1 unspecified atom stereocenters. The summed E-state index contributed by atoms with van der Waals surface area (Å²) >= 11 is 0. The largest absolute Gasteiger partial charge is 0.481 e. The minimum absolute atomic E-state index is 0.158. The number of hydrogen-bond acceptors (Lipinski definition) is 6. The van der Waals surface area contributed by atoms with Crippen molar-refractivity contribution >= 4 is 29.0 Å². The Kier molecular flexibility index (Phi) is 6.87. The maximum absolute atomic E-state index is 13.6. The van der Waals surface area contributed by atoms with E-state index in [1.165, 1.54) is 24.3 Å². The summed E-state index contributed by atoms with van der Waals surface area (Å²) in [6.07, 6.45) is -4.99. The van der Waals surface area contributed by atoms with E-state index in [0.717, 1.165) is 17.8 Å². The molecule has 1 fully saturated rings. The van der Waals surface area contributed by atoms with Gasteiger partial charge in [0.1, 0.15) is 5.82 Å². The van der Waals surface area contributed by atoms with Gasteiger partial charge in [-0.3, -0.25) is 4.79 Å². The Balaban J connectivity index is 1.57. The van der Waals surface area contributed by atoms with Crippen LogP contribution in [0.25, 0.3) is 0 Å². The fraction of sp³-hybridized carbons (Fsp3) is 0.250. The third kappa shape index (κ3) is 5.36. The molecule has 39 heavy (non-hydrogen) atoms. The molecule has 0 aliphatic carbocycles. The second-order valence-electron chi connectivity index (χ2n) is 9.28. The fourth-order valence-electron chi connectivity index (χ4n) is 4.97. The molecule has 2 aliphatic heterocycles. The van der Waals surface area contributed by atoms with Crippen LogP contribution < -0.4 is 9.80 Å². The number of rotatable bonds is 4. The van der Waals surface area contributed by atoms with Gasteiger partial charge in [0.25, 0.3) is 0 Å². The number of nitrogens with zero attached hydrogens (tertiary/aromatic N) is 5. The van der Waals surface area contributed by atoms with E-state index in [9.17, 15) is 32.7 Å². The predicted molar refractivity (Wildman–Crippen MR) is 137 cm³/mol. The highest BCUT2D eigenvalue weighted by atomic mass is 19.4. The molecular formula is C28H23F4N5O2. The maximum Gasteiger partial charge on any atom is 0.416 e. The van der Waals surface area contributed by atoms with Crippen LogP contribution in [-0.4, -0.2) is 48.1 Å². The SMILES string of the molecule is N#Cc1ccc2c(c1)N=C(N1CCN(c3ccc(F)cc3)CC1)N(c1cccc(C(F)(F)F)c1)C2CC(=O)O. The van der Waals surface area contributed by atoms with E-state index in [4.69, 9.17) is 4.99 Å². The van der Waals surface area contributed by atoms with Crippen LogP contribution in [0.15, 0.2) is 71.7 Å². The monoisotopic (exact) mass is 537 g/mol. The van der Waals surface area contributed by atoms with Crippen molar-refractivity contribution < 1.29 is 27.5 Å². The molecule has 1 N–H and O–H groups in total. The number of aliphatic carboxylic acids is 1. The summed E-state index contributed by atoms with van der Waals surface area (Å²) in [7, 11) is 0. The van der Waals surface area contributed by atoms with Gasteiger partial charge in [0, 0.05) is 43.1 Å². The van der Waals surface area contributed by atoms with Crippen molar-refractivity contribution in [2.24, 2.45) is 4.99 Å². The first kappa shape index (κ1) is 26.0. The number of nitriles is 1. The van der Waals surface area contributed by atoms with E-state index in [2.05, 4.69) is 11.0 Å². The molecular weight excluding hydrogens is 514 g/mol. The van der Waals surface area contributed by atoms with Crippen molar-refractivity contribution in [3.05, 3.63) is 89.2 Å². The standard InChI is InChI=1S/C28H23F4N5O2/c29-20-5-7-21(8-6-20)35-10-12-36(13-11-35)27-34-24-14-18(17-33)4-9-23(24)25(16-26(38)39)37(27)22-3-1-2-19(15-22)28(30,31)32/h1-9,14-15,25H,10-13,16H2,(H,38,39). The molecule has 200 valence electrons. The van der Waals surface area contributed by atoms with Crippen molar-refractivity contribution in [2.45, 2.75) is 18.6 Å². The number of carbonyl (C=O) groups is 1. The van der Waals surface area contributed by atoms with Crippen molar-refractivity contribution in [3.8, 4) is 6.07 Å². The highest BCUT2D eigenvalue weighted by molar-refractivity contribution is 6.01. The number of alkyl halides is 3. The van der Waals surface area contributed by atoms with Gasteiger partial charge < -0.3 is 19.8 Å². The number of piperazine rings is 1. The number of carboxylic acid groups (broad SMARTS) is 1. The molecule has 0 radical (unpaired) electrons. The molecule has 1 atom stereocenters. The smallest absolute Gasteiger partial charge is 0.416 e. The zero-order chi connectivity index (χ0) is 27.7. The number of halogens is 4. The van der Waals surface area contributed by atoms with Crippen LogP contribution in [0.5, 0.6) is 0 Å². The van der Waals surface area contributed by atoms with Crippen LogP contribution in [0.1, 0.15) is 29.2 Å². The van der Waals surface area contributed by atoms with Crippen LogP contribution in [0.3, 0.4) is 0 Å². The molecule has 0 spiro atoms. The second-order valence-corrected chi connectivity index (χ2v) is 9.28. The second kappa shape index (κ2) is 10.3. The van der Waals surface area contributed by atoms with E-state index in [0.29, 0.717) is 49.0 Å². The lowest BCUT2D eigenvalue weighted by Gasteiger charge is -2.45. The number of fused-ring (bicyclic) bond motifs is 1. The Labute approximate surface area is 221 Å². The normalized spacial score (nSPS) is 17.4. The average Bonchev–Trinajstić information content (AvgIpc) is 2.92. The molecule has 0 aromatic heterocycles. The Morgan fingerprint density at radius 3 is 2.31 bits per heavy atom. The molecule has 1 saturated heterocycles. The summed E-state index contributed by atoms with van der Waals surface area (Å²) in [5.74, 6) is -1.16. The van der Waals surface area contributed by atoms with Crippen LogP contribution in [0.2, 0.25) is 0 Å². The van der Waals surface area contributed by atoms with Gasteiger partial charge in [-0.2, -0.15) is 18.4 Å². The summed E-state index contributed by atoms with van der Waals surface area (Å²) in [6, 6.07) is 16.8. The third-order valence-corrected chi connectivity index (χ3v) is 6.84. The molecule has 11 heteroatoms. The minimum Gasteiger partial charge on any atom is -0.481 e. The number of carboxylic acids is 1. The van der Waals surface area contributed by atoms with Gasteiger partial charge in [0.2, 0.25) is 5.96 Å². The lowest BCUT2D eigenvalue weighted by atomic mass is 9.96. The average molecular weight is 538 g/mol. The molecule has 0 bridgehead atoms. The van der Waals surface area contributed by atoms with Gasteiger partial charge in [-0.25, -0.2) is 9.38 Å². The van der Waals surface area contributed by atoms with Gasteiger partial charge in [-0.1, -0.05) is 12.1 Å². The maximum atomic E-state index is 13.6.